The van der Waals surface area contributed by atoms with E-state index in [2.05, 4.69) is 10.2 Å². The number of para-hydroxylation sites is 1. The maximum atomic E-state index is 13.8. The van der Waals surface area contributed by atoms with Crippen LogP contribution >= 0.6 is 11.8 Å². The third-order valence-electron chi connectivity index (χ3n) is 4.21. The first-order valence-electron chi connectivity index (χ1n) is 9.11. The number of benzene rings is 2. The molecular weight excluding hydrogens is 393 g/mol. The van der Waals surface area contributed by atoms with Gasteiger partial charge < -0.3 is 9.47 Å². The Morgan fingerprint density at radius 3 is 2.59 bits per heavy atom. The number of rotatable bonds is 10. The second-order valence-electron chi connectivity index (χ2n) is 6.37. The number of halogens is 1. The lowest BCUT2D eigenvalue weighted by atomic mass is 10.2. The van der Waals surface area contributed by atoms with E-state index in [1.165, 1.54) is 17.8 Å². The summed E-state index contributed by atoms with van der Waals surface area (Å²) in [5, 5.41) is 9.00. The molecule has 1 heterocycles. The molecule has 152 valence electrons. The van der Waals surface area contributed by atoms with Crippen LogP contribution in [0.1, 0.15) is 29.1 Å². The number of hydrogen-bond donors (Lipinski definition) is 0. The fourth-order valence-electron chi connectivity index (χ4n) is 2.80. The lowest BCUT2D eigenvalue weighted by Gasteiger charge is -2.17. The molecule has 0 amide bonds. The minimum absolute atomic E-state index is 0.00806. The molecule has 1 atom stereocenters. The van der Waals surface area contributed by atoms with Crippen LogP contribution in [0.15, 0.2) is 59.8 Å². The van der Waals surface area contributed by atoms with E-state index in [1.54, 1.807) is 37.4 Å². The zero-order valence-corrected chi connectivity index (χ0v) is 17.1. The monoisotopic (exact) mass is 415 g/mol. The molecule has 0 saturated heterocycles. The SMILES string of the molecule is COCC(C)n1c(COc2ccccc2F)nnc1SCC(=O)c1ccccc1. The fourth-order valence-corrected chi connectivity index (χ4v) is 3.75. The summed E-state index contributed by atoms with van der Waals surface area (Å²) in [6.45, 7) is 2.45. The first kappa shape index (κ1) is 21.0. The van der Waals surface area contributed by atoms with E-state index >= 15 is 0 Å². The average molecular weight is 415 g/mol. The third-order valence-corrected chi connectivity index (χ3v) is 5.15. The molecule has 29 heavy (non-hydrogen) atoms. The van der Waals surface area contributed by atoms with Gasteiger partial charge in [0.25, 0.3) is 0 Å². The Bertz CT molecular complexity index is 949. The number of thioether (sulfide) groups is 1. The summed E-state index contributed by atoms with van der Waals surface area (Å²) >= 11 is 1.30. The Morgan fingerprint density at radius 2 is 1.86 bits per heavy atom. The Balaban J connectivity index is 1.74. The maximum Gasteiger partial charge on any atom is 0.192 e. The topological polar surface area (TPSA) is 66.2 Å². The molecule has 0 aliphatic heterocycles. The number of methoxy groups -OCH3 is 1. The van der Waals surface area contributed by atoms with Crippen LogP contribution in [-0.4, -0.2) is 40.0 Å². The molecule has 0 N–H and O–H groups in total. The molecule has 0 spiro atoms. The van der Waals surface area contributed by atoms with Crippen LogP contribution < -0.4 is 4.74 Å². The van der Waals surface area contributed by atoms with Gasteiger partial charge in [-0.2, -0.15) is 0 Å². The minimum Gasteiger partial charge on any atom is -0.483 e. The Kier molecular flexibility index (Phi) is 7.37. The van der Waals surface area contributed by atoms with E-state index in [9.17, 15) is 9.18 Å². The maximum absolute atomic E-state index is 13.8. The standard InChI is InChI=1S/C21H22FN3O3S/c1-15(12-27-2)25-20(13-28-19-11-7-6-10-17(19)22)23-24-21(25)29-14-18(26)16-8-4-3-5-9-16/h3-11,15H,12-14H2,1-2H3. The van der Waals surface area contributed by atoms with Gasteiger partial charge in [0.2, 0.25) is 0 Å². The van der Waals surface area contributed by atoms with Crippen LogP contribution in [0.25, 0.3) is 0 Å². The van der Waals surface area contributed by atoms with Gasteiger partial charge in [-0.05, 0) is 19.1 Å². The van der Waals surface area contributed by atoms with E-state index in [-0.39, 0.29) is 29.9 Å². The molecule has 8 heteroatoms. The summed E-state index contributed by atoms with van der Waals surface area (Å²) < 4.78 is 26.5. The van der Waals surface area contributed by atoms with Crippen LogP contribution in [-0.2, 0) is 11.3 Å². The van der Waals surface area contributed by atoms with Crippen LogP contribution in [0.2, 0.25) is 0 Å². The third kappa shape index (κ3) is 5.42. The number of nitrogens with zero attached hydrogens (tertiary/aromatic N) is 3. The molecule has 0 saturated carbocycles. The van der Waals surface area contributed by atoms with Crippen LogP contribution in [0.4, 0.5) is 4.39 Å². The number of Topliss-reactive ketones (excluding diaryl/α,β-unsaturated/α-hetero) is 1. The summed E-state index contributed by atoms with van der Waals surface area (Å²) in [4.78, 5) is 12.4. The number of aromatic nitrogens is 3. The molecule has 0 aliphatic carbocycles. The van der Waals surface area contributed by atoms with Gasteiger partial charge in [-0.1, -0.05) is 54.2 Å². The molecule has 0 aliphatic rings. The quantitative estimate of drug-likeness (QED) is 0.366. The number of carbonyl (C=O) groups is 1. The predicted molar refractivity (Wildman–Crippen MR) is 109 cm³/mol. The van der Waals surface area contributed by atoms with Gasteiger partial charge in [-0.3, -0.25) is 9.36 Å². The molecule has 0 bridgehead atoms. The highest BCUT2D eigenvalue weighted by Crippen LogP contribution is 2.24. The lowest BCUT2D eigenvalue weighted by Crippen LogP contribution is -2.17. The summed E-state index contributed by atoms with van der Waals surface area (Å²) in [7, 11) is 1.61. The second kappa shape index (κ2) is 10.2. The molecule has 0 radical (unpaired) electrons. The van der Waals surface area contributed by atoms with Crippen molar-refractivity contribution < 1.29 is 18.7 Å². The molecule has 0 fully saturated rings. The van der Waals surface area contributed by atoms with Crippen molar-refractivity contribution in [3.8, 4) is 5.75 Å². The molecule has 2 aromatic carbocycles. The highest BCUT2D eigenvalue weighted by atomic mass is 32.2. The Labute approximate surface area is 173 Å². The van der Waals surface area contributed by atoms with Crippen molar-refractivity contribution in [2.45, 2.75) is 24.7 Å². The van der Waals surface area contributed by atoms with Crippen molar-refractivity contribution in [3.05, 3.63) is 71.8 Å². The first-order valence-corrected chi connectivity index (χ1v) is 10.1. The largest absolute Gasteiger partial charge is 0.483 e. The molecular formula is C21H22FN3O3S. The van der Waals surface area contributed by atoms with E-state index < -0.39 is 5.82 Å². The summed E-state index contributed by atoms with van der Waals surface area (Å²) in [5.41, 5.74) is 0.652. The van der Waals surface area contributed by atoms with Crippen LogP contribution in [0, 0.1) is 5.82 Å². The van der Waals surface area contributed by atoms with Gasteiger partial charge in [-0.15, -0.1) is 10.2 Å². The van der Waals surface area contributed by atoms with Gasteiger partial charge in [0.1, 0.15) is 6.61 Å². The molecule has 3 aromatic rings. The predicted octanol–water partition coefficient (Wildman–Crippen LogP) is 4.18. The van der Waals surface area contributed by atoms with Crippen molar-refractivity contribution in [1.29, 1.82) is 0 Å². The highest BCUT2D eigenvalue weighted by Gasteiger charge is 2.20. The number of ether oxygens (including phenoxy) is 2. The summed E-state index contributed by atoms with van der Waals surface area (Å²) in [6, 6.07) is 15.2. The summed E-state index contributed by atoms with van der Waals surface area (Å²) in [5.74, 6) is 0.485. The van der Waals surface area contributed by atoms with Crippen LogP contribution in [0.3, 0.4) is 0 Å². The van der Waals surface area contributed by atoms with Gasteiger partial charge in [0.15, 0.2) is 28.3 Å². The first-order chi connectivity index (χ1) is 14.1. The second-order valence-corrected chi connectivity index (χ2v) is 7.31. The van der Waals surface area contributed by atoms with Gasteiger partial charge in [-0.25, -0.2) is 4.39 Å². The molecule has 6 nitrogen and oxygen atoms in total. The molecule has 3 rings (SSSR count). The Morgan fingerprint density at radius 1 is 1.14 bits per heavy atom. The van der Waals surface area contributed by atoms with E-state index in [0.717, 1.165) is 0 Å². The van der Waals surface area contributed by atoms with E-state index in [0.29, 0.717) is 23.2 Å². The lowest BCUT2D eigenvalue weighted by molar-refractivity contribution is 0.102. The smallest absolute Gasteiger partial charge is 0.192 e. The van der Waals surface area contributed by atoms with Crippen LogP contribution in [0.5, 0.6) is 5.75 Å². The van der Waals surface area contributed by atoms with E-state index in [4.69, 9.17) is 9.47 Å². The zero-order chi connectivity index (χ0) is 20.6. The number of carbonyl (C=O) groups excluding carboxylic acids is 1. The van der Waals surface area contributed by atoms with Crippen molar-refractivity contribution in [1.82, 2.24) is 14.8 Å². The zero-order valence-electron chi connectivity index (χ0n) is 16.2. The van der Waals surface area contributed by atoms with Gasteiger partial charge in [0.05, 0.1) is 18.4 Å². The minimum atomic E-state index is -0.438. The van der Waals surface area contributed by atoms with Gasteiger partial charge >= 0.3 is 0 Å². The number of hydrogen-bond acceptors (Lipinski definition) is 6. The Hall–Kier alpha value is -2.71. The van der Waals surface area contributed by atoms with Crippen molar-refractivity contribution >= 4 is 17.5 Å². The fraction of sp³-hybridized carbons (Fsp3) is 0.286. The van der Waals surface area contributed by atoms with E-state index in [1.807, 2.05) is 29.7 Å². The normalized spacial score (nSPS) is 12.0. The number of ketones is 1. The summed E-state index contributed by atoms with van der Waals surface area (Å²) in [6.07, 6.45) is 0. The molecule has 1 aromatic heterocycles. The van der Waals surface area contributed by atoms with Crippen molar-refractivity contribution in [2.75, 3.05) is 19.5 Å². The van der Waals surface area contributed by atoms with Crippen molar-refractivity contribution in [3.63, 3.8) is 0 Å². The average Bonchev–Trinajstić information content (AvgIpc) is 3.15. The van der Waals surface area contributed by atoms with Gasteiger partial charge in [0, 0.05) is 12.7 Å². The highest BCUT2D eigenvalue weighted by molar-refractivity contribution is 7.99. The van der Waals surface area contributed by atoms with Crippen molar-refractivity contribution in [2.24, 2.45) is 0 Å². The molecule has 1 unspecified atom stereocenters.